The number of ketones is 1. The zero-order chi connectivity index (χ0) is 14.1. The van der Waals surface area contributed by atoms with Gasteiger partial charge in [-0.1, -0.05) is 30.3 Å². The number of carboxylic acids is 1. The number of hydrogen-bond donors (Lipinski definition) is 1. The van der Waals surface area contributed by atoms with Gasteiger partial charge in [0.2, 0.25) is 5.01 Å². The number of rotatable bonds is 3. The highest BCUT2D eigenvalue weighted by Gasteiger charge is 2.13. The molecule has 0 atom stereocenters. The van der Waals surface area contributed by atoms with Gasteiger partial charge in [0.15, 0.2) is 5.78 Å². The minimum atomic E-state index is -1.05. The fraction of sp³-hybridized carbons (Fsp3) is 0. The number of aromatic nitrogens is 1. The Morgan fingerprint density at radius 3 is 2.45 bits per heavy atom. The lowest BCUT2D eigenvalue weighted by atomic mass is 10.0. The maximum atomic E-state index is 12.3. The number of nitrogens with zero attached hydrogens (tertiary/aromatic N) is 1. The molecule has 0 bridgehead atoms. The van der Waals surface area contributed by atoms with Crippen molar-refractivity contribution in [2.45, 2.75) is 0 Å². The first-order valence-corrected chi connectivity index (χ1v) is 6.70. The highest BCUT2D eigenvalue weighted by atomic mass is 32.1. The van der Waals surface area contributed by atoms with Crippen molar-refractivity contribution >= 4 is 33.3 Å². The van der Waals surface area contributed by atoms with E-state index in [1.54, 1.807) is 42.5 Å². The van der Waals surface area contributed by atoms with Crippen molar-refractivity contribution in [1.29, 1.82) is 0 Å². The zero-order valence-electron chi connectivity index (χ0n) is 10.2. The second-order valence-electron chi connectivity index (χ2n) is 4.20. The van der Waals surface area contributed by atoms with Gasteiger partial charge in [-0.2, -0.15) is 0 Å². The van der Waals surface area contributed by atoms with Gasteiger partial charge in [0.1, 0.15) is 0 Å². The third-order valence-corrected chi connectivity index (χ3v) is 3.89. The molecule has 0 radical (unpaired) electrons. The number of thiazole rings is 1. The number of benzene rings is 2. The first-order chi connectivity index (χ1) is 9.65. The minimum Gasteiger partial charge on any atom is -0.476 e. The molecule has 1 aromatic heterocycles. The van der Waals surface area contributed by atoms with Gasteiger partial charge in [0.05, 0.1) is 10.2 Å². The third kappa shape index (κ3) is 2.19. The number of carbonyl (C=O) groups excluding carboxylic acids is 1. The quantitative estimate of drug-likeness (QED) is 0.749. The second-order valence-corrected chi connectivity index (χ2v) is 5.23. The smallest absolute Gasteiger partial charge is 0.365 e. The molecule has 0 amide bonds. The summed E-state index contributed by atoms with van der Waals surface area (Å²) in [6.45, 7) is 0. The number of fused-ring (bicyclic) bond motifs is 1. The van der Waals surface area contributed by atoms with Crippen LogP contribution >= 0.6 is 11.3 Å². The summed E-state index contributed by atoms with van der Waals surface area (Å²) < 4.78 is 0.756. The van der Waals surface area contributed by atoms with E-state index in [1.165, 1.54) is 0 Å². The van der Waals surface area contributed by atoms with E-state index in [4.69, 9.17) is 5.11 Å². The highest BCUT2D eigenvalue weighted by Crippen LogP contribution is 2.24. The molecule has 0 aliphatic heterocycles. The first-order valence-electron chi connectivity index (χ1n) is 5.89. The fourth-order valence-corrected chi connectivity index (χ4v) is 2.70. The van der Waals surface area contributed by atoms with Crippen LogP contribution in [0.2, 0.25) is 0 Å². The van der Waals surface area contributed by atoms with E-state index in [2.05, 4.69) is 4.98 Å². The molecule has 0 spiro atoms. The summed E-state index contributed by atoms with van der Waals surface area (Å²) in [4.78, 5) is 27.2. The molecular formula is C15H9NO3S. The fourth-order valence-electron chi connectivity index (χ4n) is 1.92. The molecule has 3 aromatic rings. The standard InChI is InChI=1S/C15H9NO3S/c17-13(9-4-2-1-3-5-9)10-6-7-12-11(8-10)16-14(20-12)15(18)19/h1-8H,(H,18,19). The van der Waals surface area contributed by atoms with E-state index >= 15 is 0 Å². The van der Waals surface area contributed by atoms with Crippen LogP contribution in [0.3, 0.4) is 0 Å². The molecule has 1 heterocycles. The van der Waals surface area contributed by atoms with Crippen molar-refractivity contribution in [3.05, 3.63) is 64.7 Å². The Hall–Kier alpha value is -2.53. The Labute approximate surface area is 118 Å². The lowest BCUT2D eigenvalue weighted by Gasteiger charge is -2.00. The summed E-state index contributed by atoms with van der Waals surface area (Å²) in [5.74, 6) is -1.15. The SMILES string of the molecule is O=C(c1ccccc1)c1ccc2sc(C(=O)O)nc2c1. The van der Waals surface area contributed by atoms with Crippen molar-refractivity contribution in [2.75, 3.05) is 0 Å². The van der Waals surface area contributed by atoms with Gasteiger partial charge in [0, 0.05) is 11.1 Å². The van der Waals surface area contributed by atoms with E-state index in [-0.39, 0.29) is 10.8 Å². The van der Waals surface area contributed by atoms with E-state index < -0.39 is 5.97 Å². The van der Waals surface area contributed by atoms with Crippen LogP contribution in [0.4, 0.5) is 0 Å². The number of hydrogen-bond acceptors (Lipinski definition) is 4. The molecule has 0 saturated heterocycles. The maximum Gasteiger partial charge on any atom is 0.365 e. The largest absolute Gasteiger partial charge is 0.476 e. The van der Waals surface area contributed by atoms with Crippen molar-refractivity contribution in [3.8, 4) is 0 Å². The summed E-state index contributed by atoms with van der Waals surface area (Å²) >= 11 is 1.10. The van der Waals surface area contributed by atoms with Crippen LogP contribution in [0.1, 0.15) is 25.7 Å². The number of aromatic carboxylic acids is 1. The molecule has 2 aromatic carbocycles. The lowest BCUT2D eigenvalue weighted by Crippen LogP contribution is -2.00. The molecule has 98 valence electrons. The molecule has 0 aliphatic carbocycles. The second kappa shape index (κ2) is 4.86. The van der Waals surface area contributed by atoms with Crippen LogP contribution in [0, 0.1) is 0 Å². The first kappa shape index (κ1) is 12.5. The van der Waals surface area contributed by atoms with Gasteiger partial charge in [-0.25, -0.2) is 9.78 Å². The topological polar surface area (TPSA) is 67.3 Å². The van der Waals surface area contributed by atoms with Crippen molar-refractivity contribution < 1.29 is 14.7 Å². The molecule has 0 aliphatic rings. The monoisotopic (exact) mass is 283 g/mol. The molecule has 3 rings (SSSR count). The summed E-state index contributed by atoms with van der Waals surface area (Å²) in [5.41, 5.74) is 1.64. The van der Waals surface area contributed by atoms with E-state index in [9.17, 15) is 9.59 Å². The molecule has 0 saturated carbocycles. The lowest BCUT2D eigenvalue weighted by molar-refractivity contribution is 0.0696. The summed E-state index contributed by atoms with van der Waals surface area (Å²) in [6.07, 6.45) is 0. The summed E-state index contributed by atoms with van der Waals surface area (Å²) in [6, 6.07) is 14.0. The predicted molar refractivity (Wildman–Crippen MR) is 76.5 cm³/mol. The Kier molecular flexibility index (Phi) is 3.04. The minimum absolute atomic E-state index is 0.0318. The van der Waals surface area contributed by atoms with Crippen molar-refractivity contribution in [3.63, 3.8) is 0 Å². The van der Waals surface area contributed by atoms with Crippen LogP contribution in [0.15, 0.2) is 48.5 Å². The molecule has 0 fully saturated rings. The maximum absolute atomic E-state index is 12.3. The van der Waals surface area contributed by atoms with Crippen molar-refractivity contribution in [1.82, 2.24) is 4.98 Å². The van der Waals surface area contributed by atoms with Crippen LogP contribution in [-0.2, 0) is 0 Å². The zero-order valence-corrected chi connectivity index (χ0v) is 11.1. The van der Waals surface area contributed by atoms with Gasteiger partial charge in [-0.3, -0.25) is 4.79 Å². The van der Waals surface area contributed by atoms with E-state index in [1.807, 2.05) is 6.07 Å². The average molecular weight is 283 g/mol. The Bertz CT molecular complexity index is 808. The van der Waals surface area contributed by atoms with Gasteiger partial charge in [-0.15, -0.1) is 11.3 Å². The highest BCUT2D eigenvalue weighted by molar-refractivity contribution is 7.20. The number of carbonyl (C=O) groups is 2. The Morgan fingerprint density at radius 1 is 1.00 bits per heavy atom. The molecule has 0 unspecified atom stereocenters. The summed E-state index contributed by atoms with van der Waals surface area (Å²) in [7, 11) is 0. The molecule has 1 N–H and O–H groups in total. The van der Waals surface area contributed by atoms with Crippen LogP contribution in [-0.4, -0.2) is 21.8 Å². The molecule has 5 heteroatoms. The van der Waals surface area contributed by atoms with Crippen LogP contribution in [0.25, 0.3) is 10.2 Å². The molecular weight excluding hydrogens is 274 g/mol. The Morgan fingerprint density at radius 2 is 1.75 bits per heavy atom. The number of carboxylic acid groups (broad SMARTS) is 1. The van der Waals surface area contributed by atoms with Gasteiger partial charge in [0.25, 0.3) is 0 Å². The van der Waals surface area contributed by atoms with Crippen molar-refractivity contribution in [2.24, 2.45) is 0 Å². The third-order valence-electron chi connectivity index (χ3n) is 2.87. The Balaban J connectivity index is 2.05. The van der Waals surface area contributed by atoms with E-state index in [0.717, 1.165) is 16.0 Å². The van der Waals surface area contributed by atoms with Crippen LogP contribution in [0.5, 0.6) is 0 Å². The van der Waals surface area contributed by atoms with Gasteiger partial charge < -0.3 is 5.11 Å². The normalized spacial score (nSPS) is 10.6. The molecule has 4 nitrogen and oxygen atoms in total. The average Bonchev–Trinajstić information content (AvgIpc) is 2.90. The van der Waals surface area contributed by atoms with E-state index in [0.29, 0.717) is 16.6 Å². The molecule has 20 heavy (non-hydrogen) atoms. The predicted octanol–water partition coefficient (Wildman–Crippen LogP) is 3.23. The van der Waals surface area contributed by atoms with Crippen LogP contribution < -0.4 is 0 Å². The summed E-state index contributed by atoms with van der Waals surface area (Å²) in [5, 5.41) is 8.96. The van der Waals surface area contributed by atoms with Gasteiger partial charge in [-0.05, 0) is 18.2 Å². The van der Waals surface area contributed by atoms with Gasteiger partial charge >= 0.3 is 5.97 Å².